The second-order valence-corrected chi connectivity index (χ2v) is 6.27. The van der Waals surface area contributed by atoms with E-state index in [0.717, 1.165) is 18.4 Å². The maximum absolute atomic E-state index is 12.8. The Hall–Kier alpha value is -2.49. The van der Waals surface area contributed by atoms with Crippen LogP contribution in [0, 0.1) is 12.8 Å². The summed E-state index contributed by atoms with van der Waals surface area (Å²) >= 11 is 0. The molecule has 0 aromatic heterocycles. The zero-order chi connectivity index (χ0) is 17.1. The average molecular weight is 325 g/mol. The molecule has 0 heterocycles. The second-order valence-electron chi connectivity index (χ2n) is 6.27. The van der Waals surface area contributed by atoms with Crippen molar-refractivity contribution in [2.75, 3.05) is 14.2 Å². The summed E-state index contributed by atoms with van der Waals surface area (Å²) in [6.07, 6.45) is 2.29. The third kappa shape index (κ3) is 3.53. The van der Waals surface area contributed by atoms with Crippen molar-refractivity contribution in [3.63, 3.8) is 0 Å². The van der Waals surface area contributed by atoms with Gasteiger partial charge in [0.05, 0.1) is 25.8 Å². The third-order valence-corrected chi connectivity index (χ3v) is 4.47. The zero-order valence-corrected chi connectivity index (χ0v) is 14.3. The molecule has 1 N–H and O–H groups in total. The molecule has 3 rings (SSSR count). The Bertz CT molecular complexity index is 720. The number of benzene rings is 2. The van der Waals surface area contributed by atoms with Crippen LogP contribution in [-0.4, -0.2) is 20.1 Å². The van der Waals surface area contributed by atoms with Crippen LogP contribution in [0.25, 0.3) is 0 Å². The molecule has 0 saturated heterocycles. The molecule has 1 aliphatic rings. The zero-order valence-electron chi connectivity index (χ0n) is 14.3. The molecule has 0 bridgehead atoms. The summed E-state index contributed by atoms with van der Waals surface area (Å²) < 4.78 is 10.6. The quantitative estimate of drug-likeness (QED) is 0.876. The van der Waals surface area contributed by atoms with Crippen molar-refractivity contribution < 1.29 is 14.3 Å². The summed E-state index contributed by atoms with van der Waals surface area (Å²) in [7, 11) is 3.15. The molecular formula is C20H23NO3. The lowest BCUT2D eigenvalue weighted by Gasteiger charge is -2.20. The van der Waals surface area contributed by atoms with Crippen LogP contribution in [-0.2, 0) is 0 Å². The third-order valence-electron chi connectivity index (χ3n) is 4.47. The summed E-state index contributed by atoms with van der Waals surface area (Å²) in [5.74, 6) is 1.56. The van der Waals surface area contributed by atoms with E-state index in [-0.39, 0.29) is 11.9 Å². The van der Waals surface area contributed by atoms with Crippen molar-refractivity contribution in [2.24, 2.45) is 5.92 Å². The lowest BCUT2D eigenvalue weighted by molar-refractivity contribution is 0.0928. The van der Waals surface area contributed by atoms with E-state index >= 15 is 0 Å². The highest BCUT2D eigenvalue weighted by Gasteiger charge is 2.34. The number of carbonyl (C=O) groups excluding carboxylic acids is 1. The van der Waals surface area contributed by atoms with Crippen LogP contribution >= 0.6 is 0 Å². The first kappa shape index (κ1) is 16.4. The molecule has 126 valence electrons. The van der Waals surface area contributed by atoms with E-state index in [1.165, 1.54) is 5.56 Å². The highest BCUT2D eigenvalue weighted by molar-refractivity contribution is 5.97. The van der Waals surface area contributed by atoms with Gasteiger partial charge in [0.15, 0.2) is 0 Å². The maximum atomic E-state index is 12.8. The first-order valence-electron chi connectivity index (χ1n) is 8.22. The molecule has 1 unspecified atom stereocenters. The van der Waals surface area contributed by atoms with E-state index in [9.17, 15) is 4.79 Å². The molecule has 24 heavy (non-hydrogen) atoms. The minimum Gasteiger partial charge on any atom is -0.497 e. The summed E-state index contributed by atoms with van der Waals surface area (Å²) in [4.78, 5) is 12.8. The highest BCUT2D eigenvalue weighted by Crippen LogP contribution is 2.41. The number of ether oxygens (including phenoxy) is 2. The maximum Gasteiger partial charge on any atom is 0.255 e. The first-order valence-corrected chi connectivity index (χ1v) is 8.22. The highest BCUT2D eigenvalue weighted by atomic mass is 16.5. The van der Waals surface area contributed by atoms with Gasteiger partial charge in [-0.3, -0.25) is 4.79 Å². The van der Waals surface area contributed by atoms with Gasteiger partial charge in [-0.05, 0) is 49.4 Å². The van der Waals surface area contributed by atoms with Crippen LogP contribution in [0.2, 0.25) is 0 Å². The van der Waals surface area contributed by atoms with Gasteiger partial charge in [-0.25, -0.2) is 0 Å². The van der Waals surface area contributed by atoms with Crippen molar-refractivity contribution in [1.29, 1.82) is 0 Å². The Morgan fingerprint density at radius 2 is 1.79 bits per heavy atom. The molecule has 2 aromatic carbocycles. The molecule has 1 atom stereocenters. The van der Waals surface area contributed by atoms with Crippen LogP contribution in [0.5, 0.6) is 11.5 Å². The molecule has 4 nitrogen and oxygen atoms in total. The van der Waals surface area contributed by atoms with Gasteiger partial charge in [-0.15, -0.1) is 0 Å². The monoisotopic (exact) mass is 325 g/mol. The number of hydrogen-bond acceptors (Lipinski definition) is 3. The first-order chi connectivity index (χ1) is 11.6. The minimum atomic E-state index is -0.136. The molecule has 2 aromatic rings. The minimum absolute atomic E-state index is 0.0361. The smallest absolute Gasteiger partial charge is 0.255 e. The molecule has 0 spiro atoms. The van der Waals surface area contributed by atoms with E-state index in [1.807, 2.05) is 0 Å². The second kappa shape index (κ2) is 6.95. The van der Waals surface area contributed by atoms with Crippen molar-refractivity contribution in [2.45, 2.75) is 25.8 Å². The van der Waals surface area contributed by atoms with E-state index in [1.54, 1.807) is 32.4 Å². The summed E-state index contributed by atoms with van der Waals surface area (Å²) in [6.45, 7) is 2.07. The largest absolute Gasteiger partial charge is 0.497 e. The van der Waals surface area contributed by atoms with Gasteiger partial charge in [0.1, 0.15) is 11.5 Å². The molecular weight excluding hydrogens is 302 g/mol. The average Bonchev–Trinajstić information content (AvgIpc) is 3.44. The van der Waals surface area contributed by atoms with E-state index in [4.69, 9.17) is 9.47 Å². The van der Waals surface area contributed by atoms with E-state index in [0.29, 0.717) is 23.0 Å². The van der Waals surface area contributed by atoms with Crippen LogP contribution in [0.15, 0.2) is 42.5 Å². The van der Waals surface area contributed by atoms with Crippen molar-refractivity contribution >= 4 is 5.91 Å². The van der Waals surface area contributed by atoms with Crippen LogP contribution in [0.4, 0.5) is 0 Å². The Kier molecular flexibility index (Phi) is 4.74. The van der Waals surface area contributed by atoms with Gasteiger partial charge in [-0.2, -0.15) is 0 Å². The summed E-state index contributed by atoms with van der Waals surface area (Å²) in [6, 6.07) is 13.7. The van der Waals surface area contributed by atoms with Gasteiger partial charge >= 0.3 is 0 Å². The normalized spacial score (nSPS) is 14.8. The number of amides is 1. The Labute approximate surface area is 142 Å². The van der Waals surface area contributed by atoms with Gasteiger partial charge in [0.2, 0.25) is 0 Å². The van der Waals surface area contributed by atoms with Gasteiger partial charge in [-0.1, -0.05) is 29.8 Å². The van der Waals surface area contributed by atoms with Crippen LogP contribution in [0.3, 0.4) is 0 Å². The predicted molar refractivity (Wildman–Crippen MR) is 93.7 cm³/mol. The lowest BCUT2D eigenvalue weighted by Crippen LogP contribution is -2.30. The predicted octanol–water partition coefficient (Wildman–Crippen LogP) is 3.89. The molecule has 1 aliphatic carbocycles. The Morgan fingerprint density at radius 1 is 1.08 bits per heavy atom. The van der Waals surface area contributed by atoms with E-state index < -0.39 is 0 Å². The fourth-order valence-electron chi connectivity index (χ4n) is 2.89. The SMILES string of the molecule is COc1ccc(OC)c(C(=O)NC(c2ccc(C)cc2)C2CC2)c1. The fraction of sp³-hybridized carbons (Fsp3) is 0.350. The fourth-order valence-corrected chi connectivity index (χ4v) is 2.89. The Balaban J connectivity index is 1.85. The molecule has 1 saturated carbocycles. The molecule has 0 aliphatic heterocycles. The molecule has 1 amide bonds. The number of hydrogen-bond donors (Lipinski definition) is 1. The molecule has 0 radical (unpaired) electrons. The van der Waals surface area contributed by atoms with Crippen molar-refractivity contribution in [3.8, 4) is 11.5 Å². The topological polar surface area (TPSA) is 47.6 Å². The summed E-state index contributed by atoms with van der Waals surface area (Å²) in [5.41, 5.74) is 2.86. The van der Waals surface area contributed by atoms with Gasteiger partial charge in [0.25, 0.3) is 5.91 Å². The Morgan fingerprint density at radius 3 is 2.38 bits per heavy atom. The number of carbonyl (C=O) groups is 1. The van der Waals surface area contributed by atoms with Crippen molar-refractivity contribution in [3.05, 3.63) is 59.2 Å². The lowest BCUT2D eigenvalue weighted by atomic mass is 10.0. The number of methoxy groups -OCH3 is 2. The van der Waals surface area contributed by atoms with E-state index in [2.05, 4.69) is 36.5 Å². The van der Waals surface area contributed by atoms with Gasteiger partial charge in [0, 0.05) is 0 Å². The van der Waals surface area contributed by atoms with Crippen LogP contribution < -0.4 is 14.8 Å². The van der Waals surface area contributed by atoms with Gasteiger partial charge < -0.3 is 14.8 Å². The standard InChI is InChI=1S/C20H23NO3/c1-13-4-6-14(7-5-13)19(15-8-9-15)21-20(22)17-12-16(23-2)10-11-18(17)24-3/h4-7,10-12,15,19H,8-9H2,1-3H3,(H,21,22). The molecule has 4 heteroatoms. The van der Waals surface area contributed by atoms with Crippen molar-refractivity contribution in [1.82, 2.24) is 5.32 Å². The summed E-state index contributed by atoms with van der Waals surface area (Å²) in [5, 5.41) is 3.18. The van der Waals surface area contributed by atoms with Crippen LogP contribution in [0.1, 0.15) is 40.4 Å². The number of rotatable bonds is 6. The molecule has 1 fully saturated rings. The number of nitrogens with one attached hydrogen (secondary N) is 1. The number of aryl methyl sites for hydroxylation is 1.